The maximum Gasteiger partial charge on any atom is 0.321 e. The average molecular weight is 490 g/mol. The van der Waals surface area contributed by atoms with Crippen molar-refractivity contribution >= 4 is 22.5 Å². The number of nitrogens with one attached hydrogen (secondary N) is 1. The Morgan fingerprint density at radius 2 is 2.08 bits per heavy atom. The van der Waals surface area contributed by atoms with Gasteiger partial charge in [-0.05, 0) is 56.6 Å². The molecule has 2 aromatic heterocycles. The Balaban J connectivity index is 1.43. The molecule has 2 heterocycles. The standard InChI is InChI=1S/C27H31N5O4/c1-17(2)23-4-3-5-24(32(23)35)26(33)29-22-12-19-14-31(20-8-10-27(34,16-28)11-9-20)30-21(19)13-25(22)36-15-18-6-7-18/h3-5,12-14,17-18,20,34H,6-11,15H2,1-2H3,(H,29,33). The van der Waals surface area contributed by atoms with Gasteiger partial charge >= 0.3 is 5.91 Å². The van der Waals surface area contributed by atoms with Crippen molar-refractivity contribution in [1.82, 2.24) is 9.78 Å². The molecular formula is C27H31N5O4. The SMILES string of the molecule is CC(C)c1cccc(C(=O)Nc2cc3cn(C4CCC(O)(C#N)CC4)nc3cc2OCC2CC2)[n+]1[O-]. The van der Waals surface area contributed by atoms with Gasteiger partial charge in [0.1, 0.15) is 5.75 Å². The van der Waals surface area contributed by atoms with Crippen molar-refractivity contribution in [3.05, 3.63) is 53.1 Å². The van der Waals surface area contributed by atoms with E-state index in [1.807, 2.05) is 42.9 Å². The van der Waals surface area contributed by atoms with Gasteiger partial charge in [0.2, 0.25) is 0 Å². The van der Waals surface area contributed by atoms with E-state index in [0.29, 0.717) is 60.1 Å². The Kier molecular flexibility index (Phi) is 6.31. The van der Waals surface area contributed by atoms with Gasteiger partial charge in [0.15, 0.2) is 11.3 Å². The Morgan fingerprint density at radius 1 is 1.33 bits per heavy atom. The van der Waals surface area contributed by atoms with Gasteiger partial charge in [-0.25, -0.2) is 0 Å². The molecule has 9 nitrogen and oxygen atoms in total. The molecule has 0 saturated heterocycles. The van der Waals surface area contributed by atoms with Gasteiger partial charge in [-0.3, -0.25) is 9.48 Å². The maximum atomic E-state index is 13.1. The molecule has 1 aromatic carbocycles. The highest BCUT2D eigenvalue weighted by atomic mass is 16.5. The number of anilines is 1. The zero-order chi connectivity index (χ0) is 25.4. The van der Waals surface area contributed by atoms with Crippen LogP contribution in [0.1, 0.15) is 80.5 Å². The third-order valence-corrected chi connectivity index (χ3v) is 7.21. The minimum Gasteiger partial charge on any atom is -0.618 e. The van der Waals surface area contributed by atoms with Crippen LogP contribution in [0.3, 0.4) is 0 Å². The second-order valence-corrected chi connectivity index (χ2v) is 10.4. The van der Waals surface area contributed by atoms with E-state index < -0.39 is 11.5 Å². The summed E-state index contributed by atoms with van der Waals surface area (Å²) < 4.78 is 8.65. The Morgan fingerprint density at radius 3 is 2.75 bits per heavy atom. The number of nitrogens with zero attached hydrogens (tertiary/aromatic N) is 4. The molecule has 36 heavy (non-hydrogen) atoms. The summed E-state index contributed by atoms with van der Waals surface area (Å²) in [7, 11) is 0. The monoisotopic (exact) mass is 489 g/mol. The quantitative estimate of drug-likeness (QED) is 0.291. The number of amides is 1. The summed E-state index contributed by atoms with van der Waals surface area (Å²) in [6.45, 7) is 4.39. The van der Waals surface area contributed by atoms with Crippen LogP contribution < -0.4 is 14.8 Å². The minimum atomic E-state index is -1.25. The number of carbonyl (C=O) groups is 1. The molecule has 3 aromatic rings. The van der Waals surface area contributed by atoms with E-state index in [1.54, 1.807) is 12.1 Å². The predicted molar refractivity (Wildman–Crippen MR) is 133 cm³/mol. The van der Waals surface area contributed by atoms with Crippen molar-refractivity contribution in [3.8, 4) is 11.8 Å². The molecule has 1 amide bonds. The molecule has 0 aliphatic heterocycles. The first-order valence-electron chi connectivity index (χ1n) is 12.6. The van der Waals surface area contributed by atoms with Crippen LogP contribution in [0.4, 0.5) is 5.69 Å². The van der Waals surface area contributed by atoms with Crippen LogP contribution in [0.25, 0.3) is 10.9 Å². The fourth-order valence-electron chi connectivity index (χ4n) is 4.72. The van der Waals surface area contributed by atoms with E-state index in [9.17, 15) is 20.4 Å². The van der Waals surface area contributed by atoms with E-state index in [-0.39, 0.29) is 17.7 Å². The van der Waals surface area contributed by atoms with Gasteiger partial charge in [-0.2, -0.15) is 15.1 Å². The van der Waals surface area contributed by atoms with Gasteiger partial charge in [0.05, 0.1) is 29.9 Å². The first-order chi connectivity index (χ1) is 17.3. The molecule has 2 aliphatic rings. The van der Waals surface area contributed by atoms with Crippen molar-refractivity contribution in [2.75, 3.05) is 11.9 Å². The summed E-state index contributed by atoms with van der Waals surface area (Å²) in [5.41, 5.74) is 0.527. The Labute approximate surface area is 209 Å². The largest absolute Gasteiger partial charge is 0.618 e. The number of aliphatic hydroxyl groups is 1. The third-order valence-electron chi connectivity index (χ3n) is 7.21. The van der Waals surface area contributed by atoms with Gasteiger partial charge in [-0.15, -0.1) is 0 Å². The number of pyridine rings is 1. The number of nitriles is 1. The Bertz CT molecular complexity index is 1330. The second-order valence-electron chi connectivity index (χ2n) is 10.4. The van der Waals surface area contributed by atoms with Gasteiger partial charge in [0.25, 0.3) is 5.69 Å². The van der Waals surface area contributed by atoms with Crippen LogP contribution in [0.15, 0.2) is 36.5 Å². The number of hydrogen-bond acceptors (Lipinski definition) is 6. The number of aromatic nitrogens is 3. The summed E-state index contributed by atoms with van der Waals surface area (Å²) >= 11 is 0. The van der Waals surface area contributed by atoms with Crippen LogP contribution in [0, 0.1) is 22.5 Å². The summed E-state index contributed by atoms with van der Waals surface area (Å²) in [5.74, 6) is 0.528. The summed E-state index contributed by atoms with van der Waals surface area (Å²) in [6, 6.07) is 10.7. The molecule has 2 saturated carbocycles. The predicted octanol–water partition coefficient (Wildman–Crippen LogP) is 4.20. The number of fused-ring (bicyclic) bond motifs is 1. The van der Waals surface area contributed by atoms with Crippen LogP contribution in [-0.4, -0.2) is 33.0 Å². The summed E-state index contributed by atoms with van der Waals surface area (Å²) in [4.78, 5) is 13.1. The third kappa shape index (κ3) is 4.86. The molecule has 9 heteroatoms. The van der Waals surface area contributed by atoms with Crippen LogP contribution in [0.2, 0.25) is 0 Å². The van der Waals surface area contributed by atoms with Crippen molar-refractivity contribution < 1.29 is 19.4 Å². The smallest absolute Gasteiger partial charge is 0.321 e. The maximum absolute atomic E-state index is 13.1. The lowest BCUT2D eigenvalue weighted by molar-refractivity contribution is -0.617. The fraction of sp³-hybridized carbons (Fsp3) is 0.481. The van der Waals surface area contributed by atoms with Crippen LogP contribution in [-0.2, 0) is 0 Å². The number of benzene rings is 1. The highest BCUT2D eigenvalue weighted by Gasteiger charge is 2.34. The van der Waals surface area contributed by atoms with Gasteiger partial charge in [-0.1, -0.05) is 13.8 Å². The van der Waals surface area contributed by atoms with Crippen molar-refractivity contribution in [2.24, 2.45) is 5.92 Å². The second kappa shape index (κ2) is 9.43. The number of hydrogen-bond donors (Lipinski definition) is 2. The van der Waals surface area contributed by atoms with E-state index >= 15 is 0 Å². The van der Waals surface area contributed by atoms with Gasteiger partial charge < -0.3 is 20.4 Å². The number of ether oxygens (including phenoxy) is 1. The number of carbonyl (C=O) groups excluding carboxylic acids is 1. The fourth-order valence-corrected chi connectivity index (χ4v) is 4.72. The van der Waals surface area contributed by atoms with E-state index in [4.69, 9.17) is 9.84 Å². The molecular weight excluding hydrogens is 458 g/mol. The number of rotatable bonds is 7. The minimum absolute atomic E-state index is 0.0150. The molecule has 0 bridgehead atoms. The molecule has 5 rings (SSSR count). The first kappa shape index (κ1) is 24.1. The van der Waals surface area contributed by atoms with E-state index in [0.717, 1.165) is 23.7 Å². The molecule has 0 unspecified atom stereocenters. The molecule has 0 spiro atoms. The zero-order valence-corrected chi connectivity index (χ0v) is 20.6. The molecule has 0 atom stereocenters. The van der Waals surface area contributed by atoms with E-state index in [1.165, 1.54) is 6.07 Å². The normalized spacial score (nSPS) is 21.9. The van der Waals surface area contributed by atoms with Crippen LogP contribution in [0.5, 0.6) is 5.75 Å². The summed E-state index contributed by atoms with van der Waals surface area (Å²) in [5, 5.41) is 40.7. The highest BCUT2D eigenvalue weighted by molar-refractivity contribution is 6.04. The lowest BCUT2D eigenvalue weighted by atomic mass is 9.83. The zero-order valence-electron chi connectivity index (χ0n) is 20.6. The first-order valence-corrected chi connectivity index (χ1v) is 12.6. The lowest BCUT2D eigenvalue weighted by Crippen LogP contribution is -2.41. The molecule has 2 fully saturated rings. The van der Waals surface area contributed by atoms with Crippen molar-refractivity contribution in [1.29, 1.82) is 5.26 Å². The van der Waals surface area contributed by atoms with Crippen molar-refractivity contribution in [2.45, 2.75) is 69.9 Å². The molecule has 2 N–H and O–H groups in total. The Hall–Kier alpha value is -3.64. The molecule has 2 aliphatic carbocycles. The van der Waals surface area contributed by atoms with E-state index in [2.05, 4.69) is 5.32 Å². The highest BCUT2D eigenvalue weighted by Crippen LogP contribution is 2.37. The molecule has 188 valence electrons. The topological polar surface area (TPSA) is 127 Å². The van der Waals surface area contributed by atoms with Crippen molar-refractivity contribution in [3.63, 3.8) is 0 Å². The molecule has 0 radical (unpaired) electrons. The average Bonchev–Trinajstić information content (AvgIpc) is 3.60. The lowest BCUT2D eigenvalue weighted by Gasteiger charge is -2.30. The van der Waals surface area contributed by atoms with Gasteiger partial charge in [0, 0.05) is 35.7 Å². The van der Waals surface area contributed by atoms with Crippen LogP contribution >= 0.6 is 0 Å². The summed E-state index contributed by atoms with van der Waals surface area (Å²) in [6.07, 6.45) is 6.31.